The lowest BCUT2D eigenvalue weighted by molar-refractivity contribution is -0.946. The van der Waals surface area contributed by atoms with Crippen molar-refractivity contribution in [3.05, 3.63) is 0 Å². The van der Waals surface area contributed by atoms with Crippen LogP contribution in [0.1, 0.15) is 72.6 Å². The molecule has 0 aromatic rings. The maximum absolute atomic E-state index is 11.4. The summed E-state index contributed by atoms with van der Waals surface area (Å²) in [6.07, 6.45) is 6.74. The van der Waals surface area contributed by atoms with Gasteiger partial charge in [0.25, 0.3) is 0 Å². The van der Waals surface area contributed by atoms with E-state index in [4.69, 9.17) is 0 Å². The van der Waals surface area contributed by atoms with Crippen molar-refractivity contribution in [1.29, 1.82) is 0 Å². The molecule has 0 fully saturated rings. The molecule has 0 bridgehead atoms. The first-order valence-corrected chi connectivity index (χ1v) is 8.68. The van der Waals surface area contributed by atoms with Gasteiger partial charge in [-0.1, -0.05) is 46.5 Å². The van der Waals surface area contributed by atoms with E-state index >= 15 is 0 Å². The number of aliphatic hydroxyl groups is 1. The molecule has 1 N–H and O–H groups in total. The third-order valence-corrected chi connectivity index (χ3v) is 4.47. The Morgan fingerprint density at radius 2 is 1.62 bits per heavy atom. The minimum absolute atomic E-state index is 0.415. The number of carbonyl (C=O) groups is 1. The first kappa shape index (κ1) is 20.4. The molecule has 0 amide bonds. The Kier molecular flexibility index (Phi) is 10.7. The maximum Gasteiger partial charge on any atom is 0.126 e. The molecule has 0 aromatic carbocycles. The number of hydrogen-bond acceptors (Lipinski definition) is 3. The minimum atomic E-state index is -1.00. The van der Waals surface area contributed by atoms with E-state index in [1.165, 1.54) is 12.8 Å². The molecule has 0 rings (SSSR count). The number of rotatable bonds is 13. The summed E-state index contributed by atoms with van der Waals surface area (Å²) in [5, 5.41) is 21.7. The van der Waals surface area contributed by atoms with Crippen LogP contribution in [0.3, 0.4) is 0 Å². The molecular weight excluding hydrogens is 266 g/mol. The summed E-state index contributed by atoms with van der Waals surface area (Å²) >= 11 is 0. The average Bonchev–Trinajstić information content (AvgIpc) is 2.43. The van der Waals surface area contributed by atoms with E-state index in [1.807, 2.05) is 0 Å². The molecule has 4 nitrogen and oxygen atoms in total. The second-order valence-electron chi connectivity index (χ2n) is 6.35. The Balaban J connectivity index is 4.74. The Labute approximate surface area is 130 Å². The average molecular weight is 301 g/mol. The van der Waals surface area contributed by atoms with Crippen LogP contribution in [-0.2, 0) is 4.79 Å². The van der Waals surface area contributed by atoms with Crippen LogP contribution in [0.5, 0.6) is 0 Å². The number of carboxylic acid groups (broad SMARTS) is 1. The highest BCUT2D eigenvalue weighted by atomic mass is 16.4. The van der Waals surface area contributed by atoms with Gasteiger partial charge in [0.1, 0.15) is 18.7 Å². The second kappa shape index (κ2) is 11.0. The van der Waals surface area contributed by atoms with Gasteiger partial charge in [0, 0.05) is 0 Å². The quantitative estimate of drug-likeness (QED) is 0.418. The fourth-order valence-corrected chi connectivity index (χ4v) is 3.27. The van der Waals surface area contributed by atoms with E-state index in [0.29, 0.717) is 11.0 Å². The van der Waals surface area contributed by atoms with Crippen LogP contribution >= 0.6 is 0 Å². The van der Waals surface area contributed by atoms with Gasteiger partial charge >= 0.3 is 0 Å². The summed E-state index contributed by atoms with van der Waals surface area (Å²) < 4.78 is 0.449. The summed E-state index contributed by atoms with van der Waals surface area (Å²) in [6.45, 7) is 10.1. The Bertz CT molecular complexity index is 275. The van der Waals surface area contributed by atoms with Crippen molar-refractivity contribution in [2.24, 2.45) is 0 Å². The molecular formula is C17H35NO3. The number of quaternary nitrogens is 1. The van der Waals surface area contributed by atoms with Gasteiger partial charge in [-0.15, -0.1) is 0 Å². The van der Waals surface area contributed by atoms with Gasteiger partial charge in [-0.25, -0.2) is 0 Å². The van der Waals surface area contributed by atoms with Crippen molar-refractivity contribution in [2.45, 2.75) is 84.8 Å². The predicted octanol–water partition coefficient (Wildman–Crippen LogP) is 2.09. The van der Waals surface area contributed by atoms with Gasteiger partial charge in [-0.3, -0.25) is 0 Å². The Hall–Kier alpha value is -0.610. The number of carbonyl (C=O) groups excluding carboxylic acids is 1. The van der Waals surface area contributed by atoms with Crippen LogP contribution in [0.4, 0.5) is 0 Å². The van der Waals surface area contributed by atoms with Gasteiger partial charge in [0.05, 0.1) is 19.1 Å². The number of nitrogens with zero attached hydrogens (tertiary/aromatic N) is 1. The number of carboxylic acids is 1. The van der Waals surface area contributed by atoms with E-state index in [9.17, 15) is 15.0 Å². The highest BCUT2D eigenvalue weighted by molar-refractivity contribution is 5.69. The largest absolute Gasteiger partial charge is 0.544 e. The first-order chi connectivity index (χ1) is 9.93. The zero-order chi connectivity index (χ0) is 16.3. The molecule has 0 aliphatic rings. The van der Waals surface area contributed by atoms with Crippen molar-refractivity contribution in [2.75, 3.05) is 19.6 Å². The van der Waals surface area contributed by atoms with Crippen molar-refractivity contribution >= 4 is 5.97 Å². The van der Waals surface area contributed by atoms with Gasteiger partial charge in [-0.05, 0) is 26.2 Å². The van der Waals surface area contributed by atoms with Crippen LogP contribution in [0.25, 0.3) is 0 Å². The standard InChI is InChI=1S/C17H35NO3/c1-5-8-9-10-11-16(19)14-18(12-6-2,13-7-3)15(4)17(20)21/h15-16,19H,5-14H2,1-4H3. The van der Waals surface area contributed by atoms with E-state index in [-0.39, 0.29) is 0 Å². The zero-order valence-corrected chi connectivity index (χ0v) is 14.4. The fraction of sp³-hybridized carbons (Fsp3) is 0.941. The molecule has 0 saturated heterocycles. The van der Waals surface area contributed by atoms with E-state index < -0.39 is 18.1 Å². The third kappa shape index (κ3) is 7.28. The third-order valence-electron chi connectivity index (χ3n) is 4.47. The normalized spacial score (nSPS) is 14.9. The van der Waals surface area contributed by atoms with E-state index in [2.05, 4.69) is 20.8 Å². The Morgan fingerprint density at radius 3 is 2.05 bits per heavy atom. The van der Waals surface area contributed by atoms with Crippen molar-refractivity contribution < 1.29 is 19.5 Å². The molecule has 0 saturated carbocycles. The number of unbranched alkanes of at least 4 members (excludes halogenated alkanes) is 3. The topological polar surface area (TPSA) is 60.4 Å². The zero-order valence-electron chi connectivity index (χ0n) is 14.4. The molecule has 21 heavy (non-hydrogen) atoms. The lowest BCUT2D eigenvalue weighted by Crippen LogP contribution is -2.63. The molecule has 126 valence electrons. The maximum atomic E-state index is 11.4. The first-order valence-electron chi connectivity index (χ1n) is 8.68. The van der Waals surface area contributed by atoms with Crippen LogP contribution in [0, 0.1) is 0 Å². The lowest BCUT2D eigenvalue weighted by Gasteiger charge is -2.45. The fourth-order valence-electron chi connectivity index (χ4n) is 3.27. The molecule has 0 aromatic heterocycles. The monoisotopic (exact) mass is 301 g/mol. The molecule has 0 aliphatic heterocycles. The van der Waals surface area contributed by atoms with Crippen molar-refractivity contribution in [3.63, 3.8) is 0 Å². The SMILES string of the molecule is CCCCCCC(O)C[N+](CCC)(CCC)C(C)C(=O)[O-]. The molecule has 0 radical (unpaired) electrons. The van der Waals surface area contributed by atoms with Gasteiger partial charge in [-0.2, -0.15) is 0 Å². The predicted molar refractivity (Wildman–Crippen MR) is 84.7 cm³/mol. The molecule has 0 aliphatic carbocycles. The molecule has 2 unspecified atom stereocenters. The number of aliphatic hydroxyl groups excluding tert-OH is 1. The smallest absolute Gasteiger partial charge is 0.126 e. The van der Waals surface area contributed by atoms with Crippen LogP contribution < -0.4 is 5.11 Å². The van der Waals surface area contributed by atoms with Crippen LogP contribution in [-0.4, -0.2) is 47.3 Å². The summed E-state index contributed by atoms with van der Waals surface area (Å²) in [6, 6.07) is -0.560. The van der Waals surface area contributed by atoms with Gasteiger partial charge in [0.2, 0.25) is 0 Å². The Morgan fingerprint density at radius 1 is 1.05 bits per heavy atom. The van der Waals surface area contributed by atoms with Crippen LogP contribution in [0.15, 0.2) is 0 Å². The molecule has 4 heteroatoms. The highest BCUT2D eigenvalue weighted by Gasteiger charge is 2.35. The summed E-state index contributed by atoms with van der Waals surface area (Å²) in [7, 11) is 0. The molecule has 0 spiro atoms. The van der Waals surface area contributed by atoms with Crippen molar-refractivity contribution in [1.82, 2.24) is 0 Å². The minimum Gasteiger partial charge on any atom is -0.544 e. The van der Waals surface area contributed by atoms with E-state index in [1.54, 1.807) is 6.92 Å². The number of hydrogen-bond donors (Lipinski definition) is 1. The van der Waals surface area contributed by atoms with Crippen molar-refractivity contribution in [3.8, 4) is 0 Å². The molecule has 0 heterocycles. The highest BCUT2D eigenvalue weighted by Crippen LogP contribution is 2.19. The van der Waals surface area contributed by atoms with Crippen LogP contribution in [0.2, 0.25) is 0 Å². The van der Waals surface area contributed by atoms with Gasteiger partial charge < -0.3 is 19.5 Å². The second-order valence-corrected chi connectivity index (χ2v) is 6.35. The lowest BCUT2D eigenvalue weighted by atomic mass is 10.0. The van der Waals surface area contributed by atoms with E-state index in [0.717, 1.165) is 45.2 Å². The summed E-state index contributed by atoms with van der Waals surface area (Å²) in [5.74, 6) is -1.00. The van der Waals surface area contributed by atoms with Gasteiger partial charge in [0.15, 0.2) is 0 Å². The summed E-state index contributed by atoms with van der Waals surface area (Å²) in [4.78, 5) is 11.4. The molecule has 2 atom stereocenters. The summed E-state index contributed by atoms with van der Waals surface area (Å²) in [5.41, 5.74) is 0. The number of aliphatic carboxylic acids is 1.